The summed E-state index contributed by atoms with van der Waals surface area (Å²) >= 11 is 0. The van der Waals surface area contributed by atoms with Crippen molar-refractivity contribution in [3.05, 3.63) is 59.5 Å². The summed E-state index contributed by atoms with van der Waals surface area (Å²) in [6, 6.07) is 16.7. The molecule has 0 radical (unpaired) electrons. The minimum Gasteiger partial charge on any atom is -0.447 e. The molecular formula is C16H15OS+. The van der Waals surface area contributed by atoms with E-state index in [9.17, 15) is 0 Å². The van der Waals surface area contributed by atoms with Crippen LogP contribution >= 0.6 is 0 Å². The van der Waals surface area contributed by atoms with Gasteiger partial charge in [-0.1, -0.05) is 24.3 Å². The molecule has 0 bridgehead atoms. The van der Waals surface area contributed by atoms with Crippen molar-refractivity contribution in [3.63, 3.8) is 0 Å². The van der Waals surface area contributed by atoms with Gasteiger partial charge in [0.05, 0.1) is 0 Å². The summed E-state index contributed by atoms with van der Waals surface area (Å²) in [5.74, 6) is 1.97. The van der Waals surface area contributed by atoms with Gasteiger partial charge in [-0.3, -0.25) is 0 Å². The SMILES string of the molecule is C/C=C(\C)[S+]1c2ccccc2Oc2ccccc21. The molecule has 0 amide bonds. The van der Waals surface area contributed by atoms with Crippen LogP contribution in [0.1, 0.15) is 13.8 Å². The average Bonchev–Trinajstić information content (AvgIpc) is 2.44. The van der Waals surface area contributed by atoms with Crippen LogP contribution in [0.15, 0.2) is 69.3 Å². The predicted molar refractivity (Wildman–Crippen MR) is 76.3 cm³/mol. The molecule has 18 heavy (non-hydrogen) atoms. The minimum atomic E-state index is -0.00319. The lowest BCUT2D eigenvalue weighted by molar-refractivity contribution is 0.453. The molecule has 3 rings (SSSR count). The molecule has 1 aliphatic heterocycles. The lowest BCUT2D eigenvalue weighted by atomic mass is 10.3. The Bertz CT molecular complexity index is 570. The third kappa shape index (κ3) is 1.73. The van der Waals surface area contributed by atoms with Gasteiger partial charge in [-0.15, -0.1) is 0 Å². The van der Waals surface area contributed by atoms with Gasteiger partial charge < -0.3 is 4.74 Å². The molecule has 2 heteroatoms. The van der Waals surface area contributed by atoms with Crippen molar-refractivity contribution in [3.8, 4) is 11.5 Å². The first-order valence-corrected chi connectivity index (χ1v) is 7.27. The van der Waals surface area contributed by atoms with Crippen LogP contribution in [0.2, 0.25) is 0 Å². The van der Waals surface area contributed by atoms with E-state index in [0.29, 0.717) is 0 Å². The first-order chi connectivity index (χ1) is 8.81. The summed E-state index contributed by atoms with van der Waals surface area (Å²) < 4.78 is 5.98. The van der Waals surface area contributed by atoms with Crippen molar-refractivity contribution in [1.29, 1.82) is 0 Å². The maximum Gasteiger partial charge on any atom is 0.208 e. The zero-order valence-corrected chi connectivity index (χ0v) is 11.3. The minimum absolute atomic E-state index is 0.00319. The van der Waals surface area contributed by atoms with Crippen molar-refractivity contribution in [2.75, 3.05) is 0 Å². The highest BCUT2D eigenvalue weighted by Gasteiger charge is 2.38. The quantitative estimate of drug-likeness (QED) is 0.668. The van der Waals surface area contributed by atoms with E-state index in [1.54, 1.807) is 0 Å². The van der Waals surface area contributed by atoms with E-state index in [1.807, 2.05) is 24.3 Å². The second-order valence-corrected chi connectivity index (χ2v) is 6.34. The molecule has 2 aromatic carbocycles. The molecule has 90 valence electrons. The Kier molecular flexibility index (Phi) is 2.88. The molecule has 0 aliphatic carbocycles. The highest BCUT2D eigenvalue weighted by Crippen LogP contribution is 2.46. The Labute approximate surface area is 110 Å². The predicted octanol–water partition coefficient (Wildman–Crippen LogP) is 4.75. The van der Waals surface area contributed by atoms with Gasteiger partial charge in [-0.2, -0.15) is 0 Å². The number of para-hydroxylation sites is 2. The lowest BCUT2D eigenvalue weighted by Gasteiger charge is -2.19. The topological polar surface area (TPSA) is 9.23 Å². The Morgan fingerprint density at radius 1 is 0.944 bits per heavy atom. The summed E-state index contributed by atoms with van der Waals surface area (Å²) in [5, 5.41) is 0. The molecule has 1 aliphatic rings. The molecule has 0 saturated heterocycles. The fourth-order valence-electron chi connectivity index (χ4n) is 2.11. The summed E-state index contributed by atoms with van der Waals surface area (Å²) in [6.07, 6.45) is 2.20. The van der Waals surface area contributed by atoms with Crippen molar-refractivity contribution in [1.82, 2.24) is 0 Å². The van der Waals surface area contributed by atoms with E-state index in [2.05, 4.69) is 44.2 Å². The van der Waals surface area contributed by atoms with Gasteiger partial charge in [-0.05, 0) is 37.3 Å². The largest absolute Gasteiger partial charge is 0.447 e. The van der Waals surface area contributed by atoms with E-state index < -0.39 is 0 Å². The third-order valence-corrected chi connectivity index (χ3v) is 5.52. The van der Waals surface area contributed by atoms with E-state index in [0.717, 1.165) is 11.5 Å². The third-order valence-electron chi connectivity index (χ3n) is 3.09. The Morgan fingerprint density at radius 3 is 1.94 bits per heavy atom. The highest BCUT2D eigenvalue weighted by atomic mass is 32.2. The van der Waals surface area contributed by atoms with Gasteiger partial charge in [0.15, 0.2) is 11.5 Å². The maximum absolute atomic E-state index is 5.98. The molecule has 0 atom stereocenters. The van der Waals surface area contributed by atoms with Gasteiger partial charge in [0.2, 0.25) is 9.79 Å². The molecular weight excluding hydrogens is 240 g/mol. The van der Waals surface area contributed by atoms with Gasteiger partial charge in [-0.25, -0.2) is 0 Å². The van der Waals surface area contributed by atoms with E-state index in [1.165, 1.54) is 14.7 Å². The Balaban J connectivity index is 2.24. The first kappa shape index (κ1) is 11.4. The zero-order valence-electron chi connectivity index (χ0n) is 10.5. The van der Waals surface area contributed by atoms with Crippen LogP contribution < -0.4 is 4.74 Å². The molecule has 1 nitrogen and oxygen atoms in total. The normalized spacial score (nSPS) is 14.7. The van der Waals surface area contributed by atoms with Crippen LogP contribution in [-0.2, 0) is 10.9 Å². The highest BCUT2D eigenvalue weighted by molar-refractivity contribution is 8.00. The van der Waals surface area contributed by atoms with Gasteiger partial charge >= 0.3 is 0 Å². The van der Waals surface area contributed by atoms with Crippen LogP contribution in [0.3, 0.4) is 0 Å². The van der Waals surface area contributed by atoms with Crippen molar-refractivity contribution in [2.24, 2.45) is 0 Å². The second kappa shape index (κ2) is 4.54. The number of rotatable bonds is 1. The fraction of sp³-hybridized carbons (Fsp3) is 0.125. The molecule has 0 N–H and O–H groups in total. The summed E-state index contributed by atoms with van der Waals surface area (Å²) in [7, 11) is -0.00319. The monoisotopic (exact) mass is 255 g/mol. The molecule has 2 aromatic rings. The molecule has 0 unspecified atom stereocenters. The summed E-state index contributed by atoms with van der Waals surface area (Å²) in [5.41, 5.74) is 0. The van der Waals surface area contributed by atoms with Gasteiger partial charge in [0, 0.05) is 6.92 Å². The molecule has 0 spiro atoms. The van der Waals surface area contributed by atoms with Crippen LogP contribution in [0.5, 0.6) is 11.5 Å². The number of benzene rings is 2. The molecule has 0 saturated carbocycles. The fourth-order valence-corrected chi connectivity index (χ4v) is 4.33. The maximum atomic E-state index is 5.98. The lowest BCUT2D eigenvalue weighted by Crippen LogP contribution is -2.12. The van der Waals surface area contributed by atoms with Gasteiger partial charge in [0.25, 0.3) is 0 Å². The average molecular weight is 255 g/mol. The van der Waals surface area contributed by atoms with E-state index in [4.69, 9.17) is 4.74 Å². The van der Waals surface area contributed by atoms with Crippen molar-refractivity contribution < 1.29 is 4.74 Å². The number of allylic oxidation sites excluding steroid dienone is 2. The first-order valence-electron chi connectivity index (χ1n) is 6.04. The smallest absolute Gasteiger partial charge is 0.208 e. The van der Waals surface area contributed by atoms with Crippen LogP contribution in [0.4, 0.5) is 0 Å². The van der Waals surface area contributed by atoms with Crippen LogP contribution in [0.25, 0.3) is 0 Å². The zero-order chi connectivity index (χ0) is 12.5. The molecule has 1 heterocycles. The number of hydrogen-bond acceptors (Lipinski definition) is 1. The standard InChI is InChI=1S/C16H15OS/c1-3-12(2)18-15-10-6-4-8-13(15)17-14-9-5-7-11-16(14)18/h3-11H,1-2H3/q+1/b12-3+. The van der Waals surface area contributed by atoms with Crippen LogP contribution in [0, 0.1) is 0 Å². The van der Waals surface area contributed by atoms with E-state index >= 15 is 0 Å². The molecule has 0 aromatic heterocycles. The van der Waals surface area contributed by atoms with Crippen LogP contribution in [-0.4, -0.2) is 0 Å². The number of ether oxygens (including phenoxy) is 1. The number of hydrogen-bond donors (Lipinski definition) is 0. The summed E-state index contributed by atoms with van der Waals surface area (Å²) in [6.45, 7) is 4.30. The van der Waals surface area contributed by atoms with Crippen molar-refractivity contribution in [2.45, 2.75) is 23.6 Å². The van der Waals surface area contributed by atoms with Gasteiger partial charge in [0.1, 0.15) is 15.8 Å². The Hall–Kier alpha value is -1.67. The Morgan fingerprint density at radius 2 is 1.44 bits per heavy atom. The summed E-state index contributed by atoms with van der Waals surface area (Å²) in [4.78, 5) is 3.96. The number of fused-ring (bicyclic) bond motifs is 2. The molecule has 0 fully saturated rings. The van der Waals surface area contributed by atoms with Crippen molar-refractivity contribution >= 4 is 10.9 Å². The second-order valence-electron chi connectivity index (χ2n) is 4.20. The van der Waals surface area contributed by atoms with E-state index in [-0.39, 0.29) is 10.9 Å².